The molecule has 2 aliphatic rings. The smallest absolute Gasteiger partial charge is 0.257 e. The Hall–Kier alpha value is -2.64. The number of rotatable bonds is 6. The molecule has 1 saturated heterocycles. The van der Waals surface area contributed by atoms with E-state index in [0.29, 0.717) is 36.0 Å². The van der Waals surface area contributed by atoms with Crippen LogP contribution in [0.2, 0.25) is 0 Å². The highest BCUT2D eigenvalue weighted by Crippen LogP contribution is 2.25. The van der Waals surface area contributed by atoms with Crippen molar-refractivity contribution in [3.8, 4) is 5.75 Å². The quantitative estimate of drug-likeness (QED) is 0.576. The van der Waals surface area contributed by atoms with E-state index in [0.717, 1.165) is 43.8 Å². The molecule has 0 spiro atoms. The highest BCUT2D eigenvalue weighted by Gasteiger charge is 2.25. The number of H-pyrrole nitrogens is 1. The lowest BCUT2D eigenvalue weighted by molar-refractivity contribution is 0.0956. The van der Waals surface area contributed by atoms with Gasteiger partial charge in [0.1, 0.15) is 12.5 Å². The highest BCUT2D eigenvalue weighted by atomic mass is 16.5. The van der Waals surface area contributed by atoms with Gasteiger partial charge in [0.25, 0.3) is 5.91 Å². The van der Waals surface area contributed by atoms with Crippen molar-refractivity contribution in [3.63, 3.8) is 0 Å². The first-order valence-electron chi connectivity index (χ1n) is 9.92. The standard InChI is InChI=1S/C21H26N4O3/c26-19-5-1-4-18-20(19)17(12-23-18)21(27)25-14-6-8-16(9-7-14)28-13-24-15-3-2-10-22-11-15/h6-9,12,15,22-24H,1-5,10-11,13H2,(H,25,27). The third-order valence-electron chi connectivity index (χ3n) is 5.34. The number of anilines is 1. The van der Waals surface area contributed by atoms with Gasteiger partial charge in [0.05, 0.1) is 11.1 Å². The van der Waals surface area contributed by atoms with Crippen LogP contribution >= 0.6 is 0 Å². The Bertz CT molecular complexity index is 838. The lowest BCUT2D eigenvalue weighted by Crippen LogP contribution is -2.44. The monoisotopic (exact) mass is 382 g/mol. The van der Waals surface area contributed by atoms with E-state index in [1.807, 2.05) is 12.1 Å². The second-order valence-corrected chi connectivity index (χ2v) is 7.35. The van der Waals surface area contributed by atoms with Gasteiger partial charge in [-0.1, -0.05) is 0 Å². The van der Waals surface area contributed by atoms with E-state index < -0.39 is 0 Å². The zero-order valence-corrected chi connectivity index (χ0v) is 15.8. The van der Waals surface area contributed by atoms with Gasteiger partial charge >= 0.3 is 0 Å². The molecule has 7 nitrogen and oxygen atoms in total. The van der Waals surface area contributed by atoms with E-state index in [1.165, 1.54) is 6.42 Å². The molecular formula is C21H26N4O3. The number of hydrogen-bond acceptors (Lipinski definition) is 5. The number of aromatic nitrogens is 1. The first-order chi connectivity index (χ1) is 13.7. The van der Waals surface area contributed by atoms with Gasteiger partial charge in [-0.3, -0.25) is 14.9 Å². The fraction of sp³-hybridized carbons (Fsp3) is 0.429. The van der Waals surface area contributed by atoms with Crippen molar-refractivity contribution in [2.75, 3.05) is 25.1 Å². The largest absolute Gasteiger partial charge is 0.478 e. The second-order valence-electron chi connectivity index (χ2n) is 7.35. The van der Waals surface area contributed by atoms with Crippen molar-refractivity contribution in [1.29, 1.82) is 0 Å². The van der Waals surface area contributed by atoms with Crippen LogP contribution in [0.25, 0.3) is 0 Å². The number of piperidine rings is 1. The van der Waals surface area contributed by atoms with E-state index >= 15 is 0 Å². The average Bonchev–Trinajstić information content (AvgIpc) is 3.16. The number of amides is 1. The topological polar surface area (TPSA) is 95.2 Å². The van der Waals surface area contributed by atoms with Gasteiger partial charge in [-0.05, 0) is 56.5 Å². The Kier molecular flexibility index (Phi) is 5.73. The van der Waals surface area contributed by atoms with Gasteiger partial charge in [0, 0.05) is 36.6 Å². The zero-order valence-electron chi connectivity index (χ0n) is 15.8. The van der Waals surface area contributed by atoms with Crippen LogP contribution in [0.1, 0.15) is 52.1 Å². The maximum Gasteiger partial charge on any atom is 0.257 e. The van der Waals surface area contributed by atoms with Crippen LogP contribution in [0.4, 0.5) is 5.69 Å². The van der Waals surface area contributed by atoms with E-state index in [4.69, 9.17) is 4.74 Å². The summed E-state index contributed by atoms with van der Waals surface area (Å²) >= 11 is 0. The maximum atomic E-state index is 12.6. The molecule has 0 bridgehead atoms. The highest BCUT2D eigenvalue weighted by molar-refractivity contribution is 6.13. The average molecular weight is 382 g/mol. The Balaban J connectivity index is 1.31. The van der Waals surface area contributed by atoms with E-state index in [-0.39, 0.29) is 11.7 Å². The third kappa shape index (κ3) is 4.26. The molecule has 2 aromatic rings. The van der Waals surface area contributed by atoms with E-state index in [2.05, 4.69) is 20.9 Å². The third-order valence-corrected chi connectivity index (χ3v) is 5.34. The van der Waals surface area contributed by atoms with Crippen molar-refractivity contribution in [2.24, 2.45) is 0 Å². The molecule has 0 saturated carbocycles. The number of nitrogens with one attached hydrogen (secondary N) is 4. The summed E-state index contributed by atoms with van der Waals surface area (Å²) in [6, 6.07) is 7.71. The normalized spacial score (nSPS) is 19.1. The second kappa shape index (κ2) is 8.58. The molecule has 1 atom stereocenters. The minimum absolute atomic E-state index is 0.0389. The fourth-order valence-electron chi connectivity index (χ4n) is 3.81. The SMILES string of the molecule is O=C(Nc1ccc(OCNC2CCCNC2)cc1)c1c[nH]c2c1C(=O)CCC2. The molecule has 1 aromatic heterocycles. The zero-order chi connectivity index (χ0) is 19.3. The number of Topliss-reactive ketones (excluding diaryl/α,β-unsaturated/α-hetero) is 1. The number of aryl methyl sites for hydroxylation is 1. The van der Waals surface area contributed by atoms with Crippen molar-refractivity contribution in [3.05, 3.63) is 47.3 Å². The summed E-state index contributed by atoms with van der Waals surface area (Å²) in [5, 5.41) is 9.60. The minimum Gasteiger partial charge on any atom is -0.478 e. The number of hydrogen-bond donors (Lipinski definition) is 4. The fourth-order valence-corrected chi connectivity index (χ4v) is 3.81. The molecule has 7 heteroatoms. The Morgan fingerprint density at radius 3 is 2.82 bits per heavy atom. The van der Waals surface area contributed by atoms with Crippen molar-refractivity contribution in [1.82, 2.24) is 15.6 Å². The van der Waals surface area contributed by atoms with Crippen LogP contribution in [0.15, 0.2) is 30.5 Å². The molecule has 28 heavy (non-hydrogen) atoms. The lowest BCUT2D eigenvalue weighted by Gasteiger charge is -2.23. The summed E-state index contributed by atoms with van der Waals surface area (Å²) in [4.78, 5) is 27.8. The van der Waals surface area contributed by atoms with E-state index in [1.54, 1.807) is 18.3 Å². The Morgan fingerprint density at radius 1 is 1.18 bits per heavy atom. The van der Waals surface area contributed by atoms with Crippen molar-refractivity contribution in [2.45, 2.75) is 38.1 Å². The molecule has 148 valence electrons. The number of ether oxygens (including phenoxy) is 1. The molecule has 1 aliphatic heterocycles. The summed E-state index contributed by atoms with van der Waals surface area (Å²) in [5.41, 5.74) is 2.50. The van der Waals surface area contributed by atoms with Crippen LogP contribution in [0.5, 0.6) is 5.75 Å². The Labute approximate surface area is 164 Å². The number of aromatic amines is 1. The molecule has 1 unspecified atom stereocenters. The summed E-state index contributed by atoms with van der Waals surface area (Å²) < 4.78 is 5.73. The number of carbonyl (C=O) groups is 2. The number of ketones is 1. The molecule has 4 N–H and O–H groups in total. The number of benzene rings is 1. The van der Waals surface area contributed by atoms with Crippen LogP contribution in [-0.2, 0) is 6.42 Å². The predicted octanol–water partition coefficient (Wildman–Crippen LogP) is 2.46. The summed E-state index contributed by atoms with van der Waals surface area (Å²) in [5.74, 6) is 0.508. The molecule has 1 aromatic carbocycles. The molecule has 1 fully saturated rings. The molecule has 0 radical (unpaired) electrons. The summed E-state index contributed by atoms with van der Waals surface area (Å²) in [7, 11) is 0. The van der Waals surface area contributed by atoms with Gasteiger partial charge in [0.15, 0.2) is 5.78 Å². The first kappa shape index (κ1) is 18.7. The van der Waals surface area contributed by atoms with Crippen LogP contribution in [0.3, 0.4) is 0 Å². The van der Waals surface area contributed by atoms with E-state index in [9.17, 15) is 9.59 Å². The lowest BCUT2D eigenvalue weighted by atomic mass is 9.93. The maximum absolute atomic E-state index is 12.6. The number of carbonyl (C=O) groups excluding carboxylic acids is 2. The minimum atomic E-state index is -0.270. The van der Waals surface area contributed by atoms with Crippen molar-refractivity contribution < 1.29 is 14.3 Å². The Morgan fingerprint density at radius 2 is 2.04 bits per heavy atom. The van der Waals surface area contributed by atoms with Gasteiger partial charge in [-0.15, -0.1) is 0 Å². The van der Waals surface area contributed by atoms with Crippen LogP contribution in [0, 0.1) is 0 Å². The molecule has 2 heterocycles. The molecule has 1 aliphatic carbocycles. The summed E-state index contributed by atoms with van der Waals surface area (Å²) in [6.07, 6.45) is 6.12. The number of fused-ring (bicyclic) bond motifs is 1. The van der Waals surface area contributed by atoms with Gasteiger partial charge in [-0.25, -0.2) is 0 Å². The molecule has 1 amide bonds. The molecule has 4 rings (SSSR count). The van der Waals surface area contributed by atoms with Gasteiger partial charge in [-0.2, -0.15) is 0 Å². The van der Waals surface area contributed by atoms with Gasteiger partial charge < -0.3 is 20.4 Å². The molecular weight excluding hydrogens is 356 g/mol. The summed E-state index contributed by atoms with van der Waals surface area (Å²) in [6.45, 7) is 2.52. The van der Waals surface area contributed by atoms with Gasteiger partial charge in [0.2, 0.25) is 0 Å². The van der Waals surface area contributed by atoms with Crippen LogP contribution < -0.4 is 20.7 Å². The first-order valence-corrected chi connectivity index (χ1v) is 9.92. The van der Waals surface area contributed by atoms with Crippen LogP contribution in [-0.4, -0.2) is 42.5 Å². The van der Waals surface area contributed by atoms with Crippen molar-refractivity contribution >= 4 is 17.4 Å². The predicted molar refractivity (Wildman–Crippen MR) is 107 cm³/mol.